The van der Waals surface area contributed by atoms with Crippen molar-refractivity contribution in [3.63, 3.8) is 0 Å². The summed E-state index contributed by atoms with van der Waals surface area (Å²) in [4.78, 5) is 23.7. The van der Waals surface area contributed by atoms with Crippen molar-refractivity contribution in [1.82, 2.24) is 5.32 Å². The minimum atomic E-state index is -0.137. The van der Waals surface area contributed by atoms with Gasteiger partial charge in [-0.1, -0.05) is 48.4 Å². The molecule has 3 N–H and O–H groups in total. The van der Waals surface area contributed by atoms with E-state index in [0.717, 1.165) is 12.0 Å². The van der Waals surface area contributed by atoms with Crippen molar-refractivity contribution >= 4 is 34.8 Å². The second-order valence-electron chi connectivity index (χ2n) is 6.11. The zero-order valence-corrected chi connectivity index (χ0v) is 15.8. The number of nitrogens with one attached hydrogen (secondary N) is 3. The molecule has 0 aliphatic rings. The van der Waals surface area contributed by atoms with Gasteiger partial charge in [0, 0.05) is 18.7 Å². The summed E-state index contributed by atoms with van der Waals surface area (Å²) in [6.07, 6.45) is 1.25. The standard InChI is InChI=1S/C20H24ClN3O2/c1-3-4-19(25)24-16-9-10-17(21)18(11-16)22-13-20(26)23-12-15-7-5-14(2)6-8-15/h5-11,22H,3-4,12-13H2,1-2H3,(H,23,26)(H,24,25). The molecule has 2 aromatic rings. The van der Waals surface area contributed by atoms with E-state index in [9.17, 15) is 9.59 Å². The quantitative estimate of drug-likeness (QED) is 0.652. The number of carbonyl (C=O) groups excluding carboxylic acids is 2. The topological polar surface area (TPSA) is 70.2 Å². The van der Waals surface area contributed by atoms with Crippen LogP contribution in [-0.4, -0.2) is 18.4 Å². The van der Waals surface area contributed by atoms with Crippen LogP contribution < -0.4 is 16.0 Å². The first kappa shape index (κ1) is 19.8. The maximum Gasteiger partial charge on any atom is 0.239 e. The van der Waals surface area contributed by atoms with Gasteiger partial charge < -0.3 is 16.0 Å². The summed E-state index contributed by atoms with van der Waals surface area (Å²) in [7, 11) is 0. The van der Waals surface area contributed by atoms with Crippen LogP contribution in [0.25, 0.3) is 0 Å². The Bertz CT molecular complexity index is 760. The fourth-order valence-electron chi connectivity index (χ4n) is 2.33. The number of hydrogen-bond donors (Lipinski definition) is 3. The lowest BCUT2D eigenvalue weighted by Gasteiger charge is -2.12. The van der Waals surface area contributed by atoms with Crippen molar-refractivity contribution < 1.29 is 9.59 Å². The van der Waals surface area contributed by atoms with Crippen LogP contribution in [0.15, 0.2) is 42.5 Å². The van der Waals surface area contributed by atoms with Crippen LogP contribution in [-0.2, 0) is 16.1 Å². The van der Waals surface area contributed by atoms with Gasteiger partial charge in [-0.15, -0.1) is 0 Å². The predicted octanol–water partition coefficient (Wildman–Crippen LogP) is 4.12. The Morgan fingerprint density at radius 2 is 1.77 bits per heavy atom. The van der Waals surface area contributed by atoms with Crippen molar-refractivity contribution in [2.75, 3.05) is 17.2 Å². The lowest BCUT2D eigenvalue weighted by atomic mass is 10.1. The van der Waals surface area contributed by atoms with Gasteiger partial charge in [-0.3, -0.25) is 9.59 Å². The zero-order valence-electron chi connectivity index (χ0n) is 15.1. The number of rotatable bonds is 8. The van der Waals surface area contributed by atoms with E-state index in [0.29, 0.717) is 29.4 Å². The smallest absolute Gasteiger partial charge is 0.239 e. The third-order valence-electron chi connectivity index (χ3n) is 3.78. The minimum Gasteiger partial charge on any atom is -0.375 e. The SMILES string of the molecule is CCCC(=O)Nc1ccc(Cl)c(NCC(=O)NCc2ccc(C)cc2)c1. The molecule has 138 valence electrons. The molecular weight excluding hydrogens is 350 g/mol. The van der Waals surface area contributed by atoms with E-state index in [2.05, 4.69) is 16.0 Å². The first-order chi connectivity index (χ1) is 12.5. The highest BCUT2D eigenvalue weighted by atomic mass is 35.5. The molecule has 0 saturated heterocycles. The van der Waals surface area contributed by atoms with Gasteiger partial charge >= 0.3 is 0 Å². The van der Waals surface area contributed by atoms with Crippen molar-refractivity contribution in [3.05, 3.63) is 58.6 Å². The lowest BCUT2D eigenvalue weighted by Crippen LogP contribution is -2.29. The lowest BCUT2D eigenvalue weighted by molar-refractivity contribution is -0.119. The van der Waals surface area contributed by atoms with Crippen LogP contribution in [0.2, 0.25) is 5.02 Å². The Labute approximate surface area is 159 Å². The molecule has 26 heavy (non-hydrogen) atoms. The number of carbonyl (C=O) groups is 2. The summed E-state index contributed by atoms with van der Waals surface area (Å²) in [6.45, 7) is 4.54. The van der Waals surface area contributed by atoms with Crippen molar-refractivity contribution in [2.24, 2.45) is 0 Å². The molecule has 0 bridgehead atoms. The van der Waals surface area contributed by atoms with Crippen LogP contribution >= 0.6 is 11.6 Å². The van der Waals surface area contributed by atoms with Crippen LogP contribution in [0.4, 0.5) is 11.4 Å². The van der Waals surface area contributed by atoms with Gasteiger partial charge in [0.1, 0.15) is 0 Å². The highest BCUT2D eigenvalue weighted by Gasteiger charge is 2.07. The molecule has 0 unspecified atom stereocenters. The number of amides is 2. The predicted molar refractivity (Wildman–Crippen MR) is 107 cm³/mol. The van der Waals surface area contributed by atoms with Gasteiger partial charge in [-0.05, 0) is 37.1 Å². The van der Waals surface area contributed by atoms with Gasteiger partial charge in [0.05, 0.1) is 17.3 Å². The van der Waals surface area contributed by atoms with Gasteiger partial charge in [0.25, 0.3) is 0 Å². The van der Waals surface area contributed by atoms with Crippen molar-refractivity contribution in [3.8, 4) is 0 Å². The fraction of sp³-hybridized carbons (Fsp3) is 0.300. The van der Waals surface area contributed by atoms with Crippen molar-refractivity contribution in [1.29, 1.82) is 0 Å². The summed E-state index contributed by atoms with van der Waals surface area (Å²) >= 11 is 6.16. The maximum atomic E-state index is 12.0. The molecule has 0 heterocycles. The summed E-state index contributed by atoms with van der Waals surface area (Å²) in [5.74, 6) is -0.182. The molecule has 0 fully saturated rings. The number of benzene rings is 2. The van der Waals surface area contributed by atoms with Gasteiger partial charge in [-0.2, -0.15) is 0 Å². The first-order valence-corrected chi connectivity index (χ1v) is 9.01. The van der Waals surface area contributed by atoms with E-state index in [1.807, 2.05) is 38.1 Å². The highest BCUT2D eigenvalue weighted by Crippen LogP contribution is 2.25. The molecule has 0 spiro atoms. The summed E-state index contributed by atoms with van der Waals surface area (Å²) < 4.78 is 0. The highest BCUT2D eigenvalue weighted by molar-refractivity contribution is 6.33. The zero-order chi connectivity index (χ0) is 18.9. The molecule has 0 radical (unpaired) electrons. The van der Waals surface area contributed by atoms with Crippen molar-refractivity contribution in [2.45, 2.75) is 33.2 Å². The Morgan fingerprint density at radius 1 is 1.04 bits per heavy atom. The van der Waals surface area contributed by atoms with Gasteiger partial charge in [-0.25, -0.2) is 0 Å². The second-order valence-corrected chi connectivity index (χ2v) is 6.52. The molecule has 5 nitrogen and oxygen atoms in total. The summed E-state index contributed by atoms with van der Waals surface area (Å²) in [5.41, 5.74) is 3.48. The van der Waals surface area contributed by atoms with E-state index in [1.54, 1.807) is 18.2 Å². The maximum absolute atomic E-state index is 12.0. The largest absolute Gasteiger partial charge is 0.375 e. The second kappa shape index (κ2) is 9.82. The third kappa shape index (κ3) is 6.41. The minimum absolute atomic E-state index is 0.0448. The third-order valence-corrected chi connectivity index (χ3v) is 4.11. The normalized spacial score (nSPS) is 10.3. The van der Waals surface area contributed by atoms with Crippen LogP contribution in [0.1, 0.15) is 30.9 Å². The average Bonchev–Trinajstić information content (AvgIpc) is 2.62. The Kier molecular flexibility index (Phi) is 7.48. The van der Waals surface area contributed by atoms with Crippen LogP contribution in [0.5, 0.6) is 0 Å². The molecule has 0 aromatic heterocycles. The van der Waals surface area contributed by atoms with E-state index in [-0.39, 0.29) is 18.4 Å². The van der Waals surface area contributed by atoms with Crippen LogP contribution in [0.3, 0.4) is 0 Å². The van der Waals surface area contributed by atoms with E-state index in [1.165, 1.54) is 5.56 Å². The average molecular weight is 374 g/mol. The molecule has 0 saturated carbocycles. The molecule has 0 aliphatic heterocycles. The summed E-state index contributed by atoms with van der Waals surface area (Å²) in [5, 5.41) is 9.17. The molecule has 0 aliphatic carbocycles. The molecule has 2 amide bonds. The molecule has 0 atom stereocenters. The molecule has 2 aromatic carbocycles. The molecular formula is C20H24ClN3O2. The number of anilines is 2. The number of hydrogen-bond acceptors (Lipinski definition) is 3. The van der Waals surface area contributed by atoms with E-state index < -0.39 is 0 Å². The van der Waals surface area contributed by atoms with Gasteiger partial charge in [0.2, 0.25) is 11.8 Å². The Hall–Kier alpha value is -2.53. The number of aryl methyl sites for hydroxylation is 1. The fourth-order valence-corrected chi connectivity index (χ4v) is 2.52. The monoisotopic (exact) mass is 373 g/mol. The first-order valence-electron chi connectivity index (χ1n) is 8.63. The van der Waals surface area contributed by atoms with E-state index in [4.69, 9.17) is 11.6 Å². The Balaban J connectivity index is 1.86. The Morgan fingerprint density at radius 3 is 2.46 bits per heavy atom. The van der Waals surface area contributed by atoms with Gasteiger partial charge in [0.15, 0.2) is 0 Å². The molecule has 2 rings (SSSR count). The van der Waals surface area contributed by atoms with E-state index >= 15 is 0 Å². The number of halogens is 1. The van der Waals surface area contributed by atoms with Crippen LogP contribution in [0, 0.1) is 6.92 Å². The summed E-state index contributed by atoms with van der Waals surface area (Å²) in [6, 6.07) is 13.2. The molecule has 6 heteroatoms.